The van der Waals surface area contributed by atoms with E-state index in [0.717, 1.165) is 24.4 Å². The Balaban J connectivity index is 1.39. The average Bonchev–Trinajstić information content (AvgIpc) is 3.25. The zero-order valence-electron chi connectivity index (χ0n) is 16.7. The number of thioether (sulfide) groups is 1. The van der Waals surface area contributed by atoms with Gasteiger partial charge in [-0.1, -0.05) is 48.5 Å². The molecule has 1 saturated carbocycles. The molecule has 1 aromatic carbocycles. The molecule has 29 heavy (non-hydrogen) atoms. The van der Waals surface area contributed by atoms with Crippen LogP contribution in [0, 0.1) is 12.8 Å². The van der Waals surface area contributed by atoms with E-state index in [1.54, 1.807) is 6.33 Å². The van der Waals surface area contributed by atoms with E-state index < -0.39 is 0 Å². The Morgan fingerprint density at radius 2 is 2.07 bits per heavy atom. The van der Waals surface area contributed by atoms with E-state index in [2.05, 4.69) is 25.7 Å². The second-order valence-electron chi connectivity index (χ2n) is 7.66. The number of hydrogen-bond donors (Lipinski definition) is 1. The van der Waals surface area contributed by atoms with Gasteiger partial charge in [0.05, 0.1) is 5.75 Å². The highest BCUT2D eigenvalue weighted by molar-refractivity contribution is 7.99. The maximum Gasteiger partial charge on any atom is 0.249 e. The Hall–Kier alpha value is -2.68. The van der Waals surface area contributed by atoms with E-state index in [1.807, 2.05) is 49.6 Å². The highest BCUT2D eigenvalue weighted by Crippen LogP contribution is 2.38. The predicted octanol–water partition coefficient (Wildman–Crippen LogP) is 3.44. The molecule has 1 N–H and O–H groups in total. The highest BCUT2D eigenvalue weighted by atomic mass is 32.2. The number of amides is 1. The Labute approximate surface area is 173 Å². The Morgan fingerprint density at radius 1 is 1.31 bits per heavy atom. The molecule has 0 bridgehead atoms. The van der Waals surface area contributed by atoms with Crippen molar-refractivity contribution in [1.29, 1.82) is 0 Å². The van der Waals surface area contributed by atoms with Crippen molar-refractivity contribution in [2.24, 2.45) is 5.92 Å². The van der Waals surface area contributed by atoms with Gasteiger partial charge in [-0.2, -0.15) is 4.98 Å². The van der Waals surface area contributed by atoms with Crippen LogP contribution in [0.4, 0.5) is 0 Å². The zero-order chi connectivity index (χ0) is 20.4. The number of nitrogens with zero attached hydrogens (tertiary/aromatic N) is 5. The monoisotopic (exact) mass is 412 g/mol. The van der Waals surface area contributed by atoms with Gasteiger partial charge in [-0.05, 0) is 37.8 Å². The van der Waals surface area contributed by atoms with Crippen LogP contribution in [0.2, 0.25) is 0 Å². The van der Waals surface area contributed by atoms with Crippen molar-refractivity contribution in [3.05, 3.63) is 47.9 Å². The van der Waals surface area contributed by atoms with E-state index in [1.165, 1.54) is 17.3 Å². The zero-order valence-corrected chi connectivity index (χ0v) is 17.5. The fourth-order valence-corrected chi connectivity index (χ4v) is 3.69. The summed E-state index contributed by atoms with van der Waals surface area (Å²) in [5.74, 6) is 1.88. The molecular formula is C20H24N6O2S. The van der Waals surface area contributed by atoms with Gasteiger partial charge in [0, 0.05) is 11.6 Å². The van der Waals surface area contributed by atoms with E-state index in [9.17, 15) is 4.79 Å². The minimum absolute atomic E-state index is 0.113. The van der Waals surface area contributed by atoms with Crippen molar-refractivity contribution in [2.45, 2.75) is 50.7 Å². The molecule has 4 rings (SSSR count). The number of carbonyl (C=O) groups is 1. The van der Waals surface area contributed by atoms with Crippen LogP contribution in [0.25, 0.3) is 5.69 Å². The Morgan fingerprint density at radius 3 is 2.76 bits per heavy atom. The van der Waals surface area contributed by atoms with Gasteiger partial charge in [0.25, 0.3) is 0 Å². The lowest BCUT2D eigenvalue weighted by Gasteiger charge is -2.18. The third-order valence-electron chi connectivity index (χ3n) is 4.81. The van der Waals surface area contributed by atoms with Crippen LogP contribution in [-0.2, 0) is 4.79 Å². The molecule has 1 aliphatic carbocycles. The average molecular weight is 413 g/mol. The molecule has 1 atom stereocenters. The molecule has 152 valence electrons. The summed E-state index contributed by atoms with van der Waals surface area (Å²) < 4.78 is 7.29. The quantitative estimate of drug-likeness (QED) is 0.566. The number of hydrogen-bond acceptors (Lipinski definition) is 7. The molecule has 1 fully saturated rings. The smallest absolute Gasteiger partial charge is 0.249 e. The van der Waals surface area contributed by atoms with Gasteiger partial charge in [0.15, 0.2) is 11.0 Å². The maximum absolute atomic E-state index is 12.6. The summed E-state index contributed by atoms with van der Waals surface area (Å²) in [6, 6.07) is 7.77. The molecule has 1 amide bonds. The molecule has 1 unspecified atom stereocenters. The van der Waals surface area contributed by atoms with Gasteiger partial charge >= 0.3 is 0 Å². The minimum Gasteiger partial charge on any atom is -0.343 e. The molecule has 3 aromatic rings. The fourth-order valence-electron chi connectivity index (χ4n) is 2.94. The first-order chi connectivity index (χ1) is 14.0. The van der Waals surface area contributed by atoms with Crippen LogP contribution in [0.15, 0.2) is 40.3 Å². The SMILES string of the molecule is Cc1ccc(-n2cnnc2SCC(=O)NC(c2nc(C3CC3)no2)C(C)C)cc1. The summed E-state index contributed by atoms with van der Waals surface area (Å²) in [7, 11) is 0. The van der Waals surface area contributed by atoms with Crippen LogP contribution in [0.5, 0.6) is 0 Å². The first-order valence-electron chi connectivity index (χ1n) is 9.74. The van der Waals surface area contributed by atoms with Crippen LogP contribution >= 0.6 is 11.8 Å². The Kier molecular flexibility index (Phi) is 5.66. The summed E-state index contributed by atoms with van der Waals surface area (Å²) >= 11 is 1.34. The molecule has 0 saturated heterocycles. The standard InChI is InChI=1S/C20H24N6O2S/c1-12(2)17(19-23-18(25-28-19)14-6-7-14)22-16(27)10-29-20-24-21-11-26(20)15-8-4-13(3)5-9-15/h4-5,8-9,11-12,14,17H,6-7,10H2,1-3H3,(H,22,27). The normalized spacial score (nSPS) is 14.9. The first-order valence-corrected chi connectivity index (χ1v) is 10.7. The van der Waals surface area contributed by atoms with Crippen LogP contribution < -0.4 is 5.32 Å². The Bertz CT molecular complexity index is 977. The van der Waals surface area contributed by atoms with Crippen LogP contribution in [0.1, 0.15) is 55.9 Å². The number of nitrogens with one attached hydrogen (secondary N) is 1. The second-order valence-corrected chi connectivity index (χ2v) is 8.60. The number of rotatable bonds is 8. The van der Waals surface area contributed by atoms with E-state index >= 15 is 0 Å². The third kappa shape index (κ3) is 4.67. The largest absolute Gasteiger partial charge is 0.343 e. The molecule has 1 aliphatic rings. The first kappa shape index (κ1) is 19.6. The van der Waals surface area contributed by atoms with Crippen molar-refractivity contribution >= 4 is 17.7 Å². The predicted molar refractivity (Wildman–Crippen MR) is 109 cm³/mol. The van der Waals surface area contributed by atoms with E-state index in [-0.39, 0.29) is 23.6 Å². The fraction of sp³-hybridized carbons (Fsp3) is 0.450. The molecule has 0 aliphatic heterocycles. The van der Waals surface area contributed by atoms with E-state index in [4.69, 9.17) is 4.52 Å². The molecule has 8 nitrogen and oxygen atoms in total. The summed E-state index contributed by atoms with van der Waals surface area (Å²) in [5.41, 5.74) is 2.14. The summed E-state index contributed by atoms with van der Waals surface area (Å²) in [5, 5.41) is 15.9. The van der Waals surface area contributed by atoms with Gasteiger partial charge in [-0.25, -0.2) is 0 Å². The van der Waals surface area contributed by atoms with Crippen molar-refractivity contribution in [3.63, 3.8) is 0 Å². The summed E-state index contributed by atoms with van der Waals surface area (Å²) in [6.07, 6.45) is 3.87. The van der Waals surface area contributed by atoms with Crippen molar-refractivity contribution in [1.82, 2.24) is 30.2 Å². The minimum atomic E-state index is -0.307. The van der Waals surface area contributed by atoms with Gasteiger partial charge in [0.1, 0.15) is 12.4 Å². The summed E-state index contributed by atoms with van der Waals surface area (Å²) in [4.78, 5) is 17.1. The van der Waals surface area contributed by atoms with Gasteiger partial charge in [0.2, 0.25) is 11.8 Å². The highest BCUT2D eigenvalue weighted by Gasteiger charge is 2.31. The number of benzene rings is 1. The molecule has 0 radical (unpaired) electrons. The number of aromatic nitrogens is 5. The van der Waals surface area contributed by atoms with E-state index in [0.29, 0.717) is 17.0 Å². The maximum atomic E-state index is 12.6. The lowest BCUT2D eigenvalue weighted by Crippen LogP contribution is -2.33. The van der Waals surface area contributed by atoms with Crippen LogP contribution in [0.3, 0.4) is 0 Å². The van der Waals surface area contributed by atoms with Gasteiger partial charge in [-0.3, -0.25) is 9.36 Å². The number of carbonyl (C=O) groups excluding carboxylic acids is 1. The molecule has 0 spiro atoms. The van der Waals surface area contributed by atoms with Crippen molar-refractivity contribution in [2.75, 3.05) is 5.75 Å². The molecule has 2 heterocycles. The summed E-state index contributed by atoms with van der Waals surface area (Å²) in [6.45, 7) is 6.08. The van der Waals surface area contributed by atoms with Crippen molar-refractivity contribution in [3.8, 4) is 5.69 Å². The van der Waals surface area contributed by atoms with Crippen LogP contribution in [-0.4, -0.2) is 36.6 Å². The van der Waals surface area contributed by atoms with Crippen molar-refractivity contribution < 1.29 is 9.32 Å². The lowest BCUT2D eigenvalue weighted by atomic mass is 10.0. The molecular weight excluding hydrogens is 388 g/mol. The third-order valence-corrected chi connectivity index (χ3v) is 5.75. The second kappa shape index (κ2) is 8.36. The topological polar surface area (TPSA) is 98.7 Å². The number of aryl methyl sites for hydroxylation is 1. The molecule has 9 heteroatoms. The van der Waals surface area contributed by atoms with Gasteiger partial charge in [-0.15, -0.1) is 10.2 Å². The van der Waals surface area contributed by atoms with Gasteiger partial charge < -0.3 is 9.84 Å². The molecule has 2 aromatic heterocycles. The lowest BCUT2D eigenvalue weighted by molar-refractivity contribution is -0.119.